The number of hydrogen-bond donors (Lipinski definition) is 7. The number of aliphatic hydroxyl groups excluding tert-OH is 7. The van der Waals surface area contributed by atoms with Crippen LogP contribution in [0, 0.1) is 44.3 Å². The molecule has 0 aromatic carbocycles. The minimum Gasteiger partial charge on any atom is -0.432 e. The van der Waals surface area contributed by atoms with Gasteiger partial charge in [0.1, 0.15) is 36.3 Å². The first-order valence-corrected chi connectivity index (χ1v) is 17.1. The molecule has 12 nitrogen and oxygen atoms in total. The van der Waals surface area contributed by atoms with Crippen LogP contribution in [0.4, 0.5) is 0 Å². The van der Waals surface area contributed by atoms with Crippen molar-refractivity contribution in [2.75, 3.05) is 13.2 Å². The Morgan fingerprint density at radius 1 is 0.894 bits per heavy atom. The molecule has 0 amide bonds. The number of hydrogen-bond acceptors (Lipinski definition) is 12. The van der Waals surface area contributed by atoms with E-state index < -0.39 is 112 Å². The summed E-state index contributed by atoms with van der Waals surface area (Å²) in [6.45, 7) is 8.19. The van der Waals surface area contributed by atoms with Gasteiger partial charge in [0.15, 0.2) is 5.78 Å². The lowest BCUT2D eigenvalue weighted by Gasteiger charge is -2.69. The van der Waals surface area contributed by atoms with Gasteiger partial charge in [-0.2, -0.15) is 0 Å². The van der Waals surface area contributed by atoms with Crippen LogP contribution >= 0.6 is 0 Å². The van der Waals surface area contributed by atoms with E-state index in [9.17, 15) is 50.1 Å². The number of fused-ring (bicyclic) bond motifs is 5. The molecule has 1 heterocycles. The summed E-state index contributed by atoms with van der Waals surface area (Å²) >= 11 is 0. The van der Waals surface area contributed by atoms with E-state index in [0.717, 1.165) is 5.57 Å². The molecule has 6 rings (SSSR count). The van der Waals surface area contributed by atoms with Gasteiger partial charge in [-0.15, -0.1) is 0 Å². The summed E-state index contributed by atoms with van der Waals surface area (Å²) in [6, 6.07) is 0. The molecule has 12 heteroatoms. The van der Waals surface area contributed by atoms with Crippen LogP contribution in [0.2, 0.25) is 0 Å². The predicted octanol–water partition coefficient (Wildman–Crippen LogP) is 0.547. The highest BCUT2D eigenvalue weighted by molar-refractivity contribution is 5.94. The number of allylic oxidation sites excluding steroid dienone is 1. The Balaban J connectivity index is 1.45. The molecular formula is C35H52O12. The molecule has 5 fully saturated rings. The number of Topliss-reactive ketones (excluding diaryl/α,β-unsaturated/α-hetero) is 2. The maximum atomic E-state index is 14.8. The third-order valence-corrected chi connectivity index (χ3v) is 14.5. The van der Waals surface area contributed by atoms with E-state index in [1.807, 2.05) is 19.9 Å². The van der Waals surface area contributed by atoms with Gasteiger partial charge in [-0.1, -0.05) is 40.7 Å². The first-order chi connectivity index (χ1) is 21.8. The van der Waals surface area contributed by atoms with Gasteiger partial charge in [-0.25, -0.2) is 0 Å². The maximum absolute atomic E-state index is 14.8. The minimum atomic E-state index is -1.85. The Hall–Kier alpha value is -1.77. The summed E-state index contributed by atoms with van der Waals surface area (Å²) in [4.78, 5) is 42.1. The Bertz CT molecular complexity index is 1360. The zero-order valence-electron chi connectivity index (χ0n) is 28.0. The smallest absolute Gasteiger partial charge is 0.315 e. The van der Waals surface area contributed by atoms with E-state index in [2.05, 4.69) is 13.8 Å². The molecule has 4 saturated carbocycles. The van der Waals surface area contributed by atoms with Crippen LogP contribution in [0.15, 0.2) is 11.6 Å². The third kappa shape index (κ3) is 4.38. The molecule has 1 spiro atoms. The van der Waals surface area contributed by atoms with Crippen molar-refractivity contribution >= 4 is 17.5 Å². The van der Waals surface area contributed by atoms with E-state index in [-0.39, 0.29) is 18.6 Å². The first kappa shape index (κ1) is 35.1. The Morgan fingerprint density at radius 3 is 2.15 bits per heavy atom. The zero-order chi connectivity index (χ0) is 34.7. The van der Waals surface area contributed by atoms with Crippen molar-refractivity contribution in [2.45, 2.75) is 129 Å². The van der Waals surface area contributed by atoms with Gasteiger partial charge in [0.05, 0.1) is 35.6 Å². The van der Waals surface area contributed by atoms with Gasteiger partial charge in [0.25, 0.3) is 0 Å². The van der Waals surface area contributed by atoms with Gasteiger partial charge >= 0.3 is 5.97 Å². The average molecular weight is 665 g/mol. The number of ether oxygens (including phenoxy) is 2. The molecule has 1 aliphatic heterocycles. The van der Waals surface area contributed by atoms with Crippen LogP contribution in [-0.4, -0.2) is 109 Å². The average Bonchev–Trinajstić information content (AvgIpc) is 3.26. The number of carbonyl (C=O) groups excluding carboxylic acids is 3. The number of ketones is 2. The molecule has 1 saturated heterocycles. The molecule has 0 radical (unpaired) electrons. The molecule has 0 aromatic rings. The standard InChI is InChI=1S/C35H52O12/c1-30(2)10-12-34(28(30)44)13-11-32(4)17(25(34)42)6-7-21-33(32,5)9-8-20-31(3,16-37)26(43)18(38)14-35(20,21)29(45)47-27-24(41)23(40)22(39)19(15-36)46-27/h6,18-25,27,36-42H,7-16H2,1-5H3. The predicted molar refractivity (Wildman–Crippen MR) is 164 cm³/mol. The summed E-state index contributed by atoms with van der Waals surface area (Å²) in [5.41, 5.74) is -5.08. The van der Waals surface area contributed by atoms with E-state index in [4.69, 9.17) is 9.47 Å². The normalized spacial score (nSPS) is 52.3. The molecule has 47 heavy (non-hydrogen) atoms. The van der Waals surface area contributed by atoms with Crippen LogP contribution in [-0.2, 0) is 23.9 Å². The third-order valence-electron chi connectivity index (χ3n) is 14.5. The lowest BCUT2D eigenvalue weighted by Crippen LogP contribution is -2.71. The molecule has 5 aliphatic carbocycles. The highest BCUT2D eigenvalue weighted by atomic mass is 16.7. The molecule has 0 aromatic heterocycles. The quantitative estimate of drug-likeness (QED) is 0.162. The van der Waals surface area contributed by atoms with Crippen LogP contribution in [0.25, 0.3) is 0 Å². The van der Waals surface area contributed by atoms with Crippen LogP contribution in [0.3, 0.4) is 0 Å². The van der Waals surface area contributed by atoms with Gasteiger partial charge in [-0.05, 0) is 79.6 Å². The molecular weight excluding hydrogens is 612 g/mol. The Labute approximate surface area is 275 Å². The summed E-state index contributed by atoms with van der Waals surface area (Å²) in [7, 11) is 0. The number of esters is 1. The lowest BCUT2D eigenvalue weighted by molar-refractivity contribution is -0.302. The molecule has 14 atom stereocenters. The second-order valence-corrected chi connectivity index (χ2v) is 16.9. The second-order valence-electron chi connectivity index (χ2n) is 16.9. The summed E-state index contributed by atoms with van der Waals surface area (Å²) in [6.07, 6.45) is -5.94. The Kier molecular flexibility index (Phi) is 8.29. The number of aliphatic hydroxyl groups is 7. The van der Waals surface area contributed by atoms with Gasteiger partial charge in [0, 0.05) is 5.41 Å². The van der Waals surface area contributed by atoms with Crippen molar-refractivity contribution in [1.29, 1.82) is 0 Å². The number of rotatable bonds is 4. The van der Waals surface area contributed by atoms with E-state index in [1.54, 1.807) is 6.92 Å². The number of carbonyl (C=O) groups is 3. The fourth-order valence-electron chi connectivity index (χ4n) is 11.4. The topological polar surface area (TPSA) is 211 Å². The van der Waals surface area contributed by atoms with Crippen molar-refractivity contribution in [1.82, 2.24) is 0 Å². The largest absolute Gasteiger partial charge is 0.432 e. The summed E-state index contributed by atoms with van der Waals surface area (Å²) < 4.78 is 11.4. The van der Waals surface area contributed by atoms with Gasteiger partial charge in [0.2, 0.25) is 6.29 Å². The lowest BCUT2D eigenvalue weighted by atomic mass is 9.34. The SMILES string of the molecule is CC1(C)CCC2(CCC3(C)C(=CCC4C5(C(=O)OC6OC(CO)C(O)C(O)C6O)CC(O)C(=O)C(C)(CO)C5CCC43C)C2O)C1=O. The van der Waals surface area contributed by atoms with Crippen molar-refractivity contribution in [3.8, 4) is 0 Å². The molecule has 7 N–H and O–H groups in total. The fraction of sp³-hybridized carbons (Fsp3) is 0.857. The molecule has 14 unspecified atom stereocenters. The Morgan fingerprint density at radius 2 is 1.55 bits per heavy atom. The summed E-state index contributed by atoms with van der Waals surface area (Å²) in [5, 5.41) is 75.2. The minimum absolute atomic E-state index is 0.0728. The second kappa shape index (κ2) is 11.1. The zero-order valence-corrected chi connectivity index (χ0v) is 28.0. The monoisotopic (exact) mass is 664 g/mol. The van der Waals surface area contributed by atoms with Crippen molar-refractivity contribution in [3.05, 3.63) is 11.6 Å². The maximum Gasteiger partial charge on any atom is 0.315 e. The fourth-order valence-corrected chi connectivity index (χ4v) is 11.4. The van der Waals surface area contributed by atoms with Crippen molar-refractivity contribution < 1.29 is 59.6 Å². The van der Waals surface area contributed by atoms with Gasteiger partial charge < -0.3 is 45.2 Å². The molecule has 6 aliphatic rings. The van der Waals surface area contributed by atoms with Crippen LogP contribution < -0.4 is 0 Å². The highest BCUT2D eigenvalue weighted by Crippen LogP contribution is 2.74. The van der Waals surface area contributed by atoms with E-state index in [0.29, 0.717) is 38.5 Å². The van der Waals surface area contributed by atoms with Crippen LogP contribution in [0.1, 0.15) is 86.0 Å². The van der Waals surface area contributed by atoms with E-state index >= 15 is 0 Å². The van der Waals surface area contributed by atoms with Crippen molar-refractivity contribution in [2.24, 2.45) is 44.3 Å². The molecule has 264 valence electrons. The highest BCUT2D eigenvalue weighted by Gasteiger charge is 2.74. The van der Waals surface area contributed by atoms with Crippen molar-refractivity contribution in [3.63, 3.8) is 0 Å². The molecule has 0 bridgehead atoms. The van der Waals surface area contributed by atoms with Gasteiger partial charge in [-0.3, -0.25) is 14.4 Å². The first-order valence-electron chi connectivity index (χ1n) is 17.1. The van der Waals surface area contributed by atoms with Crippen LogP contribution in [0.5, 0.6) is 0 Å². The van der Waals surface area contributed by atoms with E-state index in [1.165, 1.54) is 0 Å². The summed E-state index contributed by atoms with van der Waals surface area (Å²) in [5.74, 6) is -2.72.